The Labute approximate surface area is 161 Å². The standard InChI is InChI=1S/C20H22N2O6/c1-3-8-26-14-5-4-13-9-15(18(24)27-16(13)10-14)17(23)22-7-6-20(12-22)11-21(2)19(25)28-20/h4-5,9-10H,3,6-8,11-12H2,1-2H3. The van der Waals surface area contributed by atoms with Crippen LogP contribution < -0.4 is 10.4 Å². The van der Waals surface area contributed by atoms with Crippen molar-refractivity contribution >= 4 is 23.0 Å². The summed E-state index contributed by atoms with van der Waals surface area (Å²) in [6, 6.07) is 6.74. The molecule has 4 rings (SSSR count). The molecule has 1 spiro atoms. The fourth-order valence-electron chi connectivity index (χ4n) is 3.74. The van der Waals surface area contributed by atoms with Crippen LogP contribution in [0.1, 0.15) is 30.1 Å². The van der Waals surface area contributed by atoms with Gasteiger partial charge in [-0.25, -0.2) is 9.59 Å². The Balaban J connectivity index is 1.57. The molecule has 2 aromatic rings. The Morgan fingerprint density at radius 3 is 2.79 bits per heavy atom. The molecule has 2 aliphatic heterocycles. The third kappa shape index (κ3) is 3.19. The lowest BCUT2D eigenvalue weighted by Crippen LogP contribution is -2.40. The van der Waals surface area contributed by atoms with Crippen molar-refractivity contribution in [2.24, 2.45) is 0 Å². The van der Waals surface area contributed by atoms with Crippen molar-refractivity contribution in [2.45, 2.75) is 25.4 Å². The number of likely N-dealkylation sites (tertiary alicyclic amines) is 1. The molecule has 2 fully saturated rings. The second-order valence-corrected chi connectivity index (χ2v) is 7.38. The highest BCUT2D eigenvalue weighted by Gasteiger charge is 2.49. The van der Waals surface area contributed by atoms with Crippen LogP contribution in [0.25, 0.3) is 11.0 Å². The Kier molecular flexibility index (Phi) is 4.49. The quantitative estimate of drug-likeness (QED) is 0.749. The van der Waals surface area contributed by atoms with Crippen LogP contribution >= 0.6 is 0 Å². The number of carbonyl (C=O) groups excluding carboxylic acids is 2. The monoisotopic (exact) mass is 386 g/mol. The van der Waals surface area contributed by atoms with Crippen molar-refractivity contribution in [1.29, 1.82) is 0 Å². The van der Waals surface area contributed by atoms with E-state index in [9.17, 15) is 14.4 Å². The molecule has 1 unspecified atom stereocenters. The number of carbonyl (C=O) groups is 2. The minimum atomic E-state index is -0.690. The molecule has 2 aliphatic rings. The third-order valence-electron chi connectivity index (χ3n) is 5.16. The summed E-state index contributed by atoms with van der Waals surface area (Å²) < 4.78 is 16.4. The SMILES string of the molecule is CCCOc1ccc2cc(C(=O)N3CCC4(CN(C)C(=O)O4)C3)c(=O)oc2c1. The van der Waals surface area contributed by atoms with E-state index >= 15 is 0 Å². The molecule has 148 valence electrons. The van der Waals surface area contributed by atoms with E-state index in [-0.39, 0.29) is 18.2 Å². The molecule has 0 N–H and O–H groups in total. The highest BCUT2D eigenvalue weighted by Crippen LogP contribution is 2.32. The fraction of sp³-hybridized carbons (Fsp3) is 0.450. The van der Waals surface area contributed by atoms with E-state index < -0.39 is 17.1 Å². The molecule has 8 heteroatoms. The predicted octanol–water partition coefficient (Wildman–Crippen LogP) is 2.25. The first-order valence-electron chi connectivity index (χ1n) is 9.35. The summed E-state index contributed by atoms with van der Waals surface area (Å²) in [5, 5.41) is 0.646. The number of hydrogen-bond acceptors (Lipinski definition) is 6. The van der Waals surface area contributed by atoms with Crippen LogP contribution in [0.5, 0.6) is 5.75 Å². The van der Waals surface area contributed by atoms with Crippen LogP contribution in [0.2, 0.25) is 0 Å². The summed E-state index contributed by atoms with van der Waals surface area (Å²) in [5.74, 6) is 0.203. The van der Waals surface area contributed by atoms with E-state index in [2.05, 4.69) is 0 Å². The zero-order chi connectivity index (χ0) is 19.9. The largest absolute Gasteiger partial charge is 0.493 e. The van der Waals surface area contributed by atoms with Gasteiger partial charge in [0.15, 0.2) is 5.60 Å². The first kappa shape index (κ1) is 18.3. The summed E-state index contributed by atoms with van der Waals surface area (Å²) in [4.78, 5) is 40.1. The first-order valence-corrected chi connectivity index (χ1v) is 9.35. The average Bonchev–Trinajstić information content (AvgIpc) is 3.20. The lowest BCUT2D eigenvalue weighted by molar-refractivity contribution is 0.0551. The van der Waals surface area contributed by atoms with E-state index in [0.717, 1.165) is 6.42 Å². The number of ether oxygens (including phenoxy) is 2. The topological polar surface area (TPSA) is 89.3 Å². The number of rotatable bonds is 4. The average molecular weight is 386 g/mol. The number of nitrogens with zero attached hydrogens (tertiary/aromatic N) is 2. The van der Waals surface area contributed by atoms with Gasteiger partial charge in [0.05, 0.1) is 19.7 Å². The van der Waals surface area contributed by atoms with Gasteiger partial charge in [-0.1, -0.05) is 6.92 Å². The van der Waals surface area contributed by atoms with E-state index in [0.29, 0.717) is 42.8 Å². The smallest absolute Gasteiger partial charge is 0.410 e. The molecule has 1 atom stereocenters. The molecule has 2 saturated heterocycles. The van der Waals surface area contributed by atoms with Crippen molar-refractivity contribution < 1.29 is 23.5 Å². The van der Waals surface area contributed by atoms with Crippen molar-refractivity contribution in [1.82, 2.24) is 9.80 Å². The summed E-state index contributed by atoms with van der Waals surface area (Å²) in [7, 11) is 1.66. The highest BCUT2D eigenvalue weighted by atomic mass is 16.6. The number of likely N-dealkylation sites (N-methyl/N-ethyl adjacent to an activating group) is 1. The van der Waals surface area contributed by atoms with Gasteiger partial charge in [-0.05, 0) is 24.6 Å². The van der Waals surface area contributed by atoms with Gasteiger partial charge in [-0.3, -0.25) is 4.79 Å². The Hall–Kier alpha value is -3.03. The minimum absolute atomic E-state index is 0.0237. The fourth-order valence-corrected chi connectivity index (χ4v) is 3.74. The molecule has 28 heavy (non-hydrogen) atoms. The normalized spacial score (nSPS) is 21.6. The molecular weight excluding hydrogens is 364 g/mol. The van der Waals surface area contributed by atoms with Crippen LogP contribution in [0.3, 0.4) is 0 Å². The first-order chi connectivity index (χ1) is 13.4. The van der Waals surface area contributed by atoms with Gasteiger partial charge in [-0.2, -0.15) is 0 Å². The van der Waals surface area contributed by atoms with Gasteiger partial charge in [0.2, 0.25) is 0 Å². The molecule has 1 aromatic carbocycles. The van der Waals surface area contributed by atoms with Crippen molar-refractivity contribution in [3.05, 3.63) is 40.2 Å². The van der Waals surface area contributed by atoms with Gasteiger partial charge < -0.3 is 23.7 Å². The maximum Gasteiger partial charge on any atom is 0.410 e. The van der Waals surface area contributed by atoms with Crippen LogP contribution in [0, 0.1) is 0 Å². The van der Waals surface area contributed by atoms with E-state index in [1.807, 2.05) is 6.92 Å². The predicted molar refractivity (Wildman–Crippen MR) is 101 cm³/mol. The molecule has 1 aromatic heterocycles. The van der Waals surface area contributed by atoms with Crippen molar-refractivity contribution in [3.63, 3.8) is 0 Å². The van der Waals surface area contributed by atoms with Crippen LogP contribution in [0.15, 0.2) is 33.5 Å². The van der Waals surface area contributed by atoms with Gasteiger partial charge in [0.1, 0.15) is 16.9 Å². The lowest BCUT2D eigenvalue weighted by Gasteiger charge is -2.21. The second-order valence-electron chi connectivity index (χ2n) is 7.38. The number of hydrogen-bond donors (Lipinski definition) is 0. The Bertz CT molecular complexity index is 1000. The molecule has 8 nitrogen and oxygen atoms in total. The minimum Gasteiger partial charge on any atom is -0.493 e. The summed E-state index contributed by atoms with van der Waals surface area (Å²) in [6.45, 7) is 3.70. The Morgan fingerprint density at radius 2 is 2.07 bits per heavy atom. The van der Waals surface area contributed by atoms with Crippen LogP contribution in [-0.4, -0.2) is 60.7 Å². The van der Waals surface area contributed by atoms with Gasteiger partial charge in [0, 0.05) is 31.5 Å². The number of amides is 2. The number of benzene rings is 1. The second kappa shape index (κ2) is 6.85. The zero-order valence-electron chi connectivity index (χ0n) is 15.9. The van der Waals surface area contributed by atoms with Gasteiger partial charge >= 0.3 is 11.7 Å². The molecule has 0 saturated carbocycles. The van der Waals surface area contributed by atoms with Crippen LogP contribution in [0.4, 0.5) is 4.79 Å². The van der Waals surface area contributed by atoms with Gasteiger partial charge in [-0.15, -0.1) is 0 Å². The summed E-state index contributed by atoms with van der Waals surface area (Å²) >= 11 is 0. The van der Waals surface area contributed by atoms with Crippen molar-refractivity contribution in [2.75, 3.05) is 33.3 Å². The Morgan fingerprint density at radius 1 is 1.25 bits per heavy atom. The molecular formula is C20H22N2O6. The highest BCUT2D eigenvalue weighted by molar-refractivity contribution is 5.97. The molecule has 0 bridgehead atoms. The lowest BCUT2D eigenvalue weighted by atomic mass is 10.0. The van der Waals surface area contributed by atoms with E-state index in [1.165, 1.54) is 4.90 Å². The summed E-state index contributed by atoms with van der Waals surface area (Å²) in [6.07, 6.45) is 1.03. The molecule has 2 amide bonds. The van der Waals surface area contributed by atoms with Crippen molar-refractivity contribution in [3.8, 4) is 5.75 Å². The molecule has 0 radical (unpaired) electrons. The van der Waals surface area contributed by atoms with Gasteiger partial charge in [0.25, 0.3) is 5.91 Å². The zero-order valence-corrected chi connectivity index (χ0v) is 15.9. The maximum atomic E-state index is 12.9. The summed E-state index contributed by atoms with van der Waals surface area (Å²) in [5.41, 5.74) is -1.03. The maximum absolute atomic E-state index is 12.9. The van der Waals surface area contributed by atoms with E-state index in [1.54, 1.807) is 36.2 Å². The number of fused-ring (bicyclic) bond motifs is 1. The van der Waals surface area contributed by atoms with E-state index in [4.69, 9.17) is 13.9 Å². The molecule has 0 aliphatic carbocycles. The third-order valence-corrected chi connectivity index (χ3v) is 5.16. The molecule has 3 heterocycles. The van der Waals surface area contributed by atoms with Crippen LogP contribution in [-0.2, 0) is 4.74 Å².